The van der Waals surface area contributed by atoms with E-state index in [9.17, 15) is 0 Å². The number of nitrogens with one attached hydrogen (secondary N) is 1. The first-order valence-corrected chi connectivity index (χ1v) is 7.11. The van der Waals surface area contributed by atoms with Crippen molar-refractivity contribution in [3.05, 3.63) is 48.5 Å². The molecule has 2 aromatic rings. The molecule has 5 heteroatoms. The highest BCUT2D eigenvalue weighted by molar-refractivity contribution is 6.95. The fourth-order valence-electron chi connectivity index (χ4n) is 2.93. The van der Waals surface area contributed by atoms with Crippen molar-refractivity contribution in [2.45, 2.75) is 0 Å². The minimum absolute atomic E-state index is 0.706. The van der Waals surface area contributed by atoms with Crippen molar-refractivity contribution < 1.29 is 14.1 Å². The van der Waals surface area contributed by atoms with Crippen LogP contribution in [0.3, 0.4) is 0 Å². The third kappa shape index (κ3) is 2.50. The van der Waals surface area contributed by atoms with Crippen LogP contribution in [0.25, 0.3) is 0 Å². The lowest BCUT2D eigenvalue weighted by Crippen LogP contribution is -2.67. The van der Waals surface area contributed by atoms with Crippen LogP contribution in [0, 0.1) is 0 Å². The van der Waals surface area contributed by atoms with E-state index >= 15 is 0 Å². The quantitative estimate of drug-likeness (QED) is 0.846. The lowest BCUT2D eigenvalue weighted by Gasteiger charge is -2.37. The Morgan fingerprint density at radius 2 is 1.33 bits per heavy atom. The SMILES string of the molecule is COc1ccc([B-]2(c3ccc(OC)cc3)NCCO2)cc1. The minimum Gasteiger partial charge on any atom is -0.570 e. The van der Waals surface area contributed by atoms with Gasteiger partial charge in [0, 0.05) is 6.61 Å². The Morgan fingerprint density at radius 3 is 1.67 bits per heavy atom. The molecule has 0 saturated carbocycles. The summed E-state index contributed by atoms with van der Waals surface area (Å²) in [6, 6.07) is 16.1. The molecule has 1 heterocycles. The predicted octanol–water partition coefficient (Wildman–Crippen LogP) is 0.880. The van der Waals surface area contributed by atoms with E-state index in [1.54, 1.807) is 14.2 Å². The van der Waals surface area contributed by atoms with E-state index in [1.165, 1.54) is 0 Å². The van der Waals surface area contributed by atoms with Gasteiger partial charge in [0.05, 0.1) is 14.2 Å². The molecule has 1 fully saturated rings. The Kier molecular flexibility index (Phi) is 3.86. The molecule has 3 rings (SSSR count). The molecule has 0 amide bonds. The van der Waals surface area contributed by atoms with Crippen LogP contribution in [0.4, 0.5) is 0 Å². The van der Waals surface area contributed by atoms with E-state index in [4.69, 9.17) is 14.1 Å². The summed E-state index contributed by atoms with van der Waals surface area (Å²) in [5.41, 5.74) is 2.25. The maximum absolute atomic E-state index is 6.13. The molecule has 110 valence electrons. The first kappa shape index (κ1) is 14.0. The van der Waals surface area contributed by atoms with Gasteiger partial charge in [0.1, 0.15) is 11.5 Å². The second-order valence-corrected chi connectivity index (χ2v) is 5.16. The molecule has 0 radical (unpaired) electrons. The molecule has 0 spiro atoms. The minimum atomic E-state index is -1.37. The Labute approximate surface area is 125 Å². The largest absolute Gasteiger partial charge is 0.570 e. The lowest BCUT2D eigenvalue weighted by molar-refractivity contribution is 0.367. The zero-order valence-electron chi connectivity index (χ0n) is 12.3. The average molecular weight is 284 g/mol. The molecule has 0 bridgehead atoms. The topological polar surface area (TPSA) is 39.7 Å². The second kappa shape index (κ2) is 5.80. The first-order valence-electron chi connectivity index (χ1n) is 7.11. The molecule has 0 aliphatic carbocycles. The van der Waals surface area contributed by atoms with Gasteiger partial charge in [0.15, 0.2) is 0 Å². The molecule has 21 heavy (non-hydrogen) atoms. The Morgan fingerprint density at radius 1 is 0.857 bits per heavy atom. The average Bonchev–Trinajstić information content (AvgIpc) is 3.06. The second-order valence-electron chi connectivity index (χ2n) is 5.16. The van der Waals surface area contributed by atoms with Crippen LogP contribution < -0.4 is 25.6 Å². The third-order valence-corrected chi connectivity index (χ3v) is 4.07. The van der Waals surface area contributed by atoms with Crippen LogP contribution >= 0.6 is 0 Å². The van der Waals surface area contributed by atoms with Gasteiger partial charge in [-0.2, -0.15) is 10.9 Å². The summed E-state index contributed by atoms with van der Waals surface area (Å²) in [6.45, 7) is 0.180. The molecule has 1 saturated heterocycles. The normalized spacial score (nSPS) is 16.7. The molecule has 4 nitrogen and oxygen atoms in total. The van der Waals surface area contributed by atoms with Crippen LogP contribution in [0.5, 0.6) is 11.5 Å². The number of benzene rings is 2. The summed E-state index contributed by atoms with van der Waals surface area (Å²) in [4.78, 5) is 0. The fourth-order valence-corrected chi connectivity index (χ4v) is 2.93. The molecular weight excluding hydrogens is 265 g/mol. The van der Waals surface area contributed by atoms with E-state index in [0.717, 1.165) is 29.0 Å². The summed E-state index contributed by atoms with van der Waals surface area (Å²) in [5.74, 6) is 1.69. The number of ether oxygens (including phenoxy) is 2. The van der Waals surface area contributed by atoms with Crippen LogP contribution in [0.1, 0.15) is 0 Å². The highest BCUT2D eigenvalue weighted by Crippen LogP contribution is 2.15. The van der Waals surface area contributed by atoms with Crippen LogP contribution in [0.2, 0.25) is 0 Å². The van der Waals surface area contributed by atoms with Crippen molar-refractivity contribution >= 4 is 17.4 Å². The van der Waals surface area contributed by atoms with E-state index in [0.29, 0.717) is 6.61 Å². The molecule has 1 N–H and O–H groups in total. The fraction of sp³-hybridized carbons (Fsp3) is 0.250. The predicted molar refractivity (Wildman–Crippen MR) is 85.0 cm³/mol. The van der Waals surface area contributed by atoms with Crippen molar-refractivity contribution in [2.75, 3.05) is 27.4 Å². The molecule has 1 aliphatic heterocycles. The van der Waals surface area contributed by atoms with Gasteiger partial charge in [-0.3, -0.25) is 0 Å². The zero-order valence-corrected chi connectivity index (χ0v) is 12.3. The summed E-state index contributed by atoms with van der Waals surface area (Å²) in [6.07, 6.45) is 0. The molecule has 1 aliphatic rings. The van der Waals surface area contributed by atoms with Crippen molar-refractivity contribution in [3.63, 3.8) is 0 Å². The highest BCUT2D eigenvalue weighted by atomic mass is 16.5. The van der Waals surface area contributed by atoms with E-state index in [-0.39, 0.29) is 0 Å². The summed E-state index contributed by atoms with van der Waals surface area (Å²) in [7, 11) is 3.34. The van der Waals surface area contributed by atoms with E-state index < -0.39 is 6.48 Å². The molecule has 0 aromatic heterocycles. The summed E-state index contributed by atoms with van der Waals surface area (Å²) < 4.78 is 16.6. The first-order chi connectivity index (χ1) is 10.3. The van der Waals surface area contributed by atoms with Crippen LogP contribution in [-0.2, 0) is 4.65 Å². The summed E-state index contributed by atoms with van der Waals surface area (Å²) >= 11 is 0. The number of hydrogen-bond donors (Lipinski definition) is 1. The maximum atomic E-state index is 6.13. The van der Waals surface area contributed by atoms with Gasteiger partial charge in [0.2, 0.25) is 6.48 Å². The van der Waals surface area contributed by atoms with Gasteiger partial charge < -0.3 is 19.4 Å². The monoisotopic (exact) mass is 284 g/mol. The van der Waals surface area contributed by atoms with E-state index in [2.05, 4.69) is 29.5 Å². The van der Waals surface area contributed by atoms with E-state index in [1.807, 2.05) is 24.3 Å². The molecular formula is C16H19BNO3-. The third-order valence-electron chi connectivity index (χ3n) is 4.07. The Bertz CT molecular complexity index is 542. The maximum Gasteiger partial charge on any atom is 0.239 e. The molecule has 2 aromatic carbocycles. The van der Waals surface area contributed by atoms with Crippen molar-refractivity contribution in [1.82, 2.24) is 5.23 Å². The summed E-state index contributed by atoms with van der Waals surface area (Å²) in [5, 5.41) is 3.54. The zero-order chi connectivity index (χ0) is 14.7. The van der Waals surface area contributed by atoms with Crippen LogP contribution in [-0.4, -0.2) is 33.9 Å². The smallest absolute Gasteiger partial charge is 0.239 e. The number of methoxy groups -OCH3 is 2. The van der Waals surface area contributed by atoms with Gasteiger partial charge in [-0.1, -0.05) is 24.3 Å². The molecule has 0 atom stereocenters. The Balaban J connectivity index is 2.01. The van der Waals surface area contributed by atoms with Crippen LogP contribution in [0.15, 0.2) is 48.5 Å². The van der Waals surface area contributed by atoms with Gasteiger partial charge in [-0.05, 0) is 30.8 Å². The number of rotatable bonds is 4. The van der Waals surface area contributed by atoms with Crippen molar-refractivity contribution in [3.8, 4) is 11.5 Å². The van der Waals surface area contributed by atoms with Gasteiger partial charge in [-0.15, -0.1) is 0 Å². The van der Waals surface area contributed by atoms with Crippen molar-refractivity contribution in [1.29, 1.82) is 0 Å². The number of hydrogen-bond acceptors (Lipinski definition) is 4. The van der Waals surface area contributed by atoms with Gasteiger partial charge >= 0.3 is 0 Å². The van der Waals surface area contributed by atoms with Gasteiger partial charge in [0.25, 0.3) is 0 Å². The Hall–Kier alpha value is -1.98. The lowest BCUT2D eigenvalue weighted by atomic mass is 9.42. The van der Waals surface area contributed by atoms with Gasteiger partial charge in [-0.25, -0.2) is 0 Å². The standard InChI is InChI=1S/C16H19BNO3/c1-19-15-7-3-13(4-8-15)17(18-11-12-21-17)14-5-9-16(20-2)10-6-14/h3-10,18H,11-12H2,1-2H3/q-1. The molecule has 0 unspecified atom stereocenters. The highest BCUT2D eigenvalue weighted by Gasteiger charge is 2.32. The van der Waals surface area contributed by atoms with Crippen molar-refractivity contribution in [2.24, 2.45) is 0 Å².